The normalized spacial score (nSPS) is 10.3. The summed E-state index contributed by atoms with van der Waals surface area (Å²) < 4.78 is 0. The van der Waals surface area contributed by atoms with Gasteiger partial charge in [-0.05, 0) is 41.1 Å². The van der Waals surface area contributed by atoms with Crippen LogP contribution in [0.2, 0.25) is 0 Å². The number of hydrogen-bond donors (Lipinski definition) is 1. The van der Waals surface area contributed by atoms with E-state index in [0.29, 0.717) is 16.8 Å². The number of nitrogens with one attached hydrogen (secondary N) is 1. The van der Waals surface area contributed by atoms with Gasteiger partial charge in [0, 0.05) is 16.8 Å². The van der Waals surface area contributed by atoms with Crippen LogP contribution in [0, 0.1) is 0 Å². The maximum atomic E-state index is 12.4. The Morgan fingerprint density at radius 2 is 1.57 bits per heavy atom. The molecule has 0 saturated heterocycles. The van der Waals surface area contributed by atoms with Crippen molar-refractivity contribution in [3.05, 3.63) is 77.9 Å². The van der Waals surface area contributed by atoms with Gasteiger partial charge in [0.1, 0.15) is 6.29 Å². The van der Waals surface area contributed by atoms with Gasteiger partial charge in [0.05, 0.1) is 0 Å². The lowest BCUT2D eigenvalue weighted by atomic mass is 10.0. The van der Waals surface area contributed by atoms with Crippen LogP contribution in [0.15, 0.2) is 66.7 Å². The number of amides is 1. The summed E-state index contributed by atoms with van der Waals surface area (Å²) in [5.74, 6) is -0.161. The summed E-state index contributed by atoms with van der Waals surface area (Å²) in [4.78, 5) is 23.0. The lowest BCUT2D eigenvalue weighted by Crippen LogP contribution is -2.12. The van der Waals surface area contributed by atoms with Gasteiger partial charge in [-0.2, -0.15) is 0 Å². The first-order valence-electron chi connectivity index (χ1n) is 6.62. The molecule has 0 saturated carbocycles. The second-order valence-electron chi connectivity index (χ2n) is 4.72. The first-order valence-corrected chi connectivity index (χ1v) is 6.62. The fourth-order valence-corrected chi connectivity index (χ4v) is 2.27. The summed E-state index contributed by atoms with van der Waals surface area (Å²) >= 11 is 0. The molecule has 0 radical (unpaired) electrons. The van der Waals surface area contributed by atoms with Crippen molar-refractivity contribution in [2.24, 2.45) is 0 Å². The molecular weight excluding hydrogens is 262 g/mol. The third kappa shape index (κ3) is 2.67. The topological polar surface area (TPSA) is 46.2 Å². The van der Waals surface area contributed by atoms with E-state index in [1.54, 1.807) is 30.3 Å². The minimum Gasteiger partial charge on any atom is -0.322 e. The number of carbonyl (C=O) groups is 2. The molecule has 0 aromatic heterocycles. The van der Waals surface area contributed by atoms with Crippen LogP contribution in [0.3, 0.4) is 0 Å². The first-order chi connectivity index (χ1) is 10.3. The van der Waals surface area contributed by atoms with Crippen LogP contribution < -0.4 is 5.32 Å². The number of rotatable bonds is 3. The number of aldehydes is 1. The molecule has 0 fully saturated rings. The first kappa shape index (κ1) is 13.1. The van der Waals surface area contributed by atoms with E-state index < -0.39 is 0 Å². The number of hydrogen-bond acceptors (Lipinski definition) is 2. The predicted octanol–water partition coefficient (Wildman–Crippen LogP) is 3.90. The van der Waals surface area contributed by atoms with Crippen molar-refractivity contribution in [3.63, 3.8) is 0 Å². The Hall–Kier alpha value is -2.94. The third-order valence-corrected chi connectivity index (χ3v) is 3.34. The third-order valence-electron chi connectivity index (χ3n) is 3.34. The highest BCUT2D eigenvalue weighted by Crippen LogP contribution is 2.20. The number of benzene rings is 3. The van der Waals surface area contributed by atoms with Gasteiger partial charge in [0.25, 0.3) is 5.91 Å². The lowest BCUT2D eigenvalue weighted by Gasteiger charge is -2.08. The minimum atomic E-state index is -0.161. The molecule has 3 heteroatoms. The van der Waals surface area contributed by atoms with Gasteiger partial charge in [0.2, 0.25) is 0 Å². The minimum absolute atomic E-state index is 0.161. The smallest absolute Gasteiger partial charge is 0.256 e. The molecule has 0 heterocycles. The SMILES string of the molecule is O=Cc1ccc(NC(=O)c2cccc3ccccc23)cc1. The molecule has 0 bridgehead atoms. The van der Waals surface area contributed by atoms with Crippen LogP contribution >= 0.6 is 0 Å². The molecule has 3 aromatic rings. The highest BCUT2D eigenvalue weighted by atomic mass is 16.1. The zero-order valence-corrected chi connectivity index (χ0v) is 11.2. The van der Waals surface area contributed by atoms with Crippen LogP contribution in [0.5, 0.6) is 0 Å². The standard InChI is InChI=1S/C18H13NO2/c20-12-13-8-10-15(11-9-13)19-18(21)17-7-3-5-14-4-1-2-6-16(14)17/h1-12H,(H,19,21). The van der Waals surface area contributed by atoms with E-state index in [0.717, 1.165) is 17.1 Å². The van der Waals surface area contributed by atoms with E-state index in [1.165, 1.54) is 0 Å². The summed E-state index contributed by atoms with van der Waals surface area (Å²) in [5.41, 5.74) is 1.88. The van der Waals surface area contributed by atoms with Gasteiger partial charge < -0.3 is 5.32 Å². The molecular formula is C18H13NO2. The number of fused-ring (bicyclic) bond motifs is 1. The summed E-state index contributed by atoms with van der Waals surface area (Å²) in [7, 11) is 0. The second kappa shape index (κ2) is 5.59. The van der Waals surface area contributed by atoms with Crippen molar-refractivity contribution in [2.45, 2.75) is 0 Å². The second-order valence-corrected chi connectivity index (χ2v) is 4.72. The zero-order chi connectivity index (χ0) is 14.7. The molecule has 102 valence electrons. The van der Waals surface area contributed by atoms with Crippen LogP contribution in [0.1, 0.15) is 20.7 Å². The molecule has 0 unspecified atom stereocenters. The van der Waals surface area contributed by atoms with Crippen LogP contribution in [-0.4, -0.2) is 12.2 Å². The van der Waals surface area contributed by atoms with Crippen LogP contribution in [0.4, 0.5) is 5.69 Å². The fourth-order valence-electron chi connectivity index (χ4n) is 2.27. The van der Waals surface area contributed by atoms with Gasteiger partial charge >= 0.3 is 0 Å². The highest BCUT2D eigenvalue weighted by molar-refractivity contribution is 6.12. The highest BCUT2D eigenvalue weighted by Gasteiger charge is 2.09. The Bertz CT molecular complexity index is 802. The summed E-state index contributed by atoms with van der Waals surface area (Å²) in [6.45, 7) is 0. The largest absolute Gasteiger partial charge is 0.322 e. The van der Waals surface area contributed by atoms with E-state index in [1.807, 2.05) is 36.4 Å². The predicted molar refractivity (Wildman–Crippen MR) is 83.7 cm³/mol. The van der Waals surface area contributed by atoms with Gasteiger partial charge in [-0.15, -0.1) is 0 Å². The summed E-state index contributed by atoms with van der Waals surface area (Å²) in [6, 6.07) is 20.2. The molecule has 0 aliphatic rings. The Morgan fingerprint density at radius 1 is 0.857 bits per heavy atom. The van der Waals surface area contributed by atoms with Crippen molar-refractivity contribution < 1.29 is 9.59 Å². The number of anilines is 1. The maximum absolute atomic E-state index is 12.4. The Labute approximate surface area is 122 Å². The van der Waals surface area contributed by atoms with Gasteiger partial charge in [-0.25, -0.2) is 0 Å². The van der Waals surface area contributed by atoms with Crippen molar-refractivity contribution >= 4 is 28.7 Å². The van der Waals surface area contributed by atoms with Crippen LogP contribution in [0.25, 0.3) is 10.8 Å². The van der Waals surface area contributed by atoms with Crippen molar-refractivity contribution in [2.75, 3.05) is 5.32 Å². The molecule has 1 amide bonds. The molecule has 1 N–H and O–H groups in total. The summed E-state index contributed by atoms with van der Waals surface area (Å²) in [5, 5.41) is 4.79. The maximum Gasteiger partial charge on any atom is 0.256 e. The van der Waals surface area contributed by atoms with Gasteiger partial charge in [-0.1, -0.05) is 36.4 Å². The van der Waals surface area contributed by atoms with E-state index >= 15 is 0 Å². The average molecular weight is 275 g/mol. The molecule has 3 nitrogen and oxygen atoms in total. The van der Waals surface area contributed by atoms with Gasteiger partial charge in [0.15, 0.2) is 0 Å². The molecule has 0 aliphatic carbocycles. The molecule has 21 heavy (non-hydrogen) atoms. The van der Waals surface area contributed by atoms with E-state index in [4.69, 9.17) is 0 Å². The van der Waals surface area contributed by atoms with E-state index in [-0.39, 0.29) is 5.91 Å². The zero-order valence-electron chi connectivity index (χ0n) is 11.2. The Balaban J connectivity index is 1.91. The van der Waals surface area contributed by atoms with Crippen molar-refractivity contribution in [3.8, 4) is 0 Å². The van der Waals surface area contributed by atoms with Crippen molar-refractivity contribution in [1.82, 2.24) is 0 Å². The average Bonchev–Trinajstić information content (AvgIpc) is 2.55. The summed E-state index contributed by atoms with van der Waals surface area (Å²) in [6.07, 6.45) is 0.774. The van der Waals surface area contributed by atoms with Gasteiger partial charge in [-0.3, -0.25) is 9.59 Å². The lowest BCUT2D eigenvalue weighted by molar-refractivity contribution is 0.102. The van der Waals surface area contributed by atoms with E-state index in [2.05, 4.69) is 5.32 Å². The molecule has 0 atom stereocenters. The molecule has 3 aromatic carbocycles. The van der Waals surface area contributed by atoms with Crippen LogP contribution in [-0.2, 0) is 0 Å². The number of carbonyl (C=O) groups excluding carboxylic acids is 2. The Morgan fingerprint density at radius 3 is 2.33 bits per heavy atom. The van der Waals surface area contributed by atoms with E-state index in [9.17, 15) is 9.59 Å². The molecule has 0 aliphatic heterocycles. The van der Waals surface area contributed by atoms with Crippen molar-refractivity contribution in [1.29, 1.82) is 0 Å². The molecule has 0 spiro atoms. The fraction of sp³-hybridized carbons (Fsp3) is 0. The molecule has 3 rings (SSSR count). The monoisotopic (exact) mass is 275 g/mol. The Kier molecular flexibility index (Phi) is 3.48. The quantitative estimate of drug-likeness (QED) is 0.737.